The summed E-state index contributed by atoms with van der Waals surface area (Å²) in [4.78, 5) is 4.44. The molecule has 11 heteroatoms. The van der Waals surface area contributed by atoms with Gasteiger partial charge >= 0.3 is 0 Å². The van der Waals surface area contributed by atoms with Gasteiger partial charge in [0.2, 0.25) is 5.65 Å². The number of nitrogens with one attached hydrogen (secondary N) is 1. The third-order valence-corrected chi connectivity index (χ3v) is 6.69. The van der Waals surface area contributed by atoms with Gasteiger partial charge in [-0.2, -0.15) is 0 Å². The first-order chi connectivity index (χ1) is 15.9. The monoisotopic (exact) mass is 481 g/mol. The lowest BCUT2D eigenvalue weighted by atomic mass is 10.3. The maximum atomic E-state index is 12.9. The standard InChI is InChI=1S/C22H16ClN5O4S/c1-31-15-9-10-17(23)20(12-15)33(29,30)27-14-5-4-6-16(11-14)32-22-21-26-24-13-28(21)19-8-3-2-7-18(19)25-22/h2-13,27H,1H3. The van der Waals surface area contributed by atoms with E-state index in [4.69, 9.17) is 21.1 Å². The van der Waals surface area contributed by atoms with E-state index >= 15 is 0 Å². The summed E-state index contributed by atoms with van der Waals surface area (Å²) in [5.41, 5.74) is 2.25. The molecule has 0 aliphatic rings. The molecule has 5 rings (SSSR count). The van der Waals surface area contributed by atoms with Crippen molar-refractivity contribution >= 4 is 44.0 Å². The molecule has 0 aliphatic carbocycles. The van der Waals surface area contributed by atoms with Gasteiger partial charge in [-0.15, -0.1) is 10.2 Å². The highest BCUT2D eigenvalue weighted by Gasteiger charge is 2.20. The molecule has 0 bridgehead atoms. The van der Waals surface area contributed by atoms with Crippen molar-refractivity contribution in [3.8, 4) is 17.4 Å². The summed E-state index contributed by atoms with van der Waals surface area (Å²) < 4.78 is 41.2. The number of methoxy groups -OCH3 is 1. The predicted molar refractivity (Wildman–Crippen MR) is 124 cm³/mol. The average Bonchev–Trinajstić information content (AvgIpc) is 3.30. The van der Waals surface area contributed by atoms with Crippen molar-refractivity contribution in [2.75, 3.05) is 11.8 Å². The number of benzene rings is 3. The molecule has 0 fully saturated rings. The molecule has 0 atom stereocenters. The van der Waals surface area contributed by atoms with Crippen molar-refractivity contribution in [1.29, 1.82) is 0 Å². The van der Waals surface area contributed by atoms with Gasteiger partial charge in [0.15, 0.2) is 0 Å². The zero-order valence-electron chi connectivity index (χ0n) is 17.1. The molecule has 33 heavy (non-hydrogen) atoms. The van der Waals surface area contributed by atoms with Gasteiger partial charge < -0.3 is 9.47 Å². The number of aromatic nitrogens is 4. The third kappa shape index (κ3) is 4.01. The van der Waals surface area contributed by atoms with Crippen LogP contribution in [0.3, 0.4) is 0 Å². The van der Waals surface area contributed by atoms with Gasteiger partial charge in [0, 0.05) is 12.1 Å². The SMILES string of the molecule is COc1ccc(Cl)c(S(=O)(=O)Nc2cccc(Oc3nc4ccccc4n4cnnc34)c2)c1. The molecule has 9 nitrogen and oxygen atoms in total. The normalized spacial score (nSPS) is 11.6. The molecule has 2 heterocycles. The van der Waals surface area contributed by atoms with Crippen LogP contribution in [0.15, 0.2) is 78.0 Å². The number of fused-ring (bicyclic) bond motifs is 3. The maximum Gasteiger partial charge on any atom is 0.266 e. The minimum atomic E-state index is -3.98. The van der Waals surface area contributed by atoms with Crippen molar-refractivity contribution in [1.82, 2.24) is 19.6 Å². The number of halogens is 1. The van der Waals surface area contributed by atoms with Gasteiger partial charge in [0.1, 0.15) is 22.7 Å². The van der Waals surface area contributed by atoms with E-state index in [0.717, 1.165) is 5.52 Å². The van der Waals surface area contributed by atoms with Crippen molar-refractivity contribution < 1.29 is 17.9 Å². The van der Waals surface area contributed by atoms with E-state index in [1.807, 2.05) is 24.3 Å². The van der Waals surface area contributed by atoms with E-state index < -0.39 is 10.0 Å². The summed E-state index contributed by atoms with van der Waals surface area (Å²) in [5.74, 6) is 0.971. The maximum absolute atomic E-state index is 12.9. The van der Waals surface area contributed by atoms with Crippen molar-refractivity contribution in [2.45, 2.75) is 4.90 Å². The van der Waals surface area contributed by atoms with Crippen molar-refractivity contribution in [2.24, 2.45) is 0 Å². The first-order valence-electron chi connectivity index (χ1n) is 9.67. The van der Waals surface area contributed by atoms with Crippen molar-refractivity contribution in [3.05, 3.63) is 78.1 Å². The number of hydrogen-bond acceptors (Lipinski definition) is 7. The topological polar surface area (TPSA) is 108 Å². The van der Waals surface area contributed by atoms with Gasteiger partial charge in [-0.05, 0) is 36.4 Å². The zero-order valence-corrected chi connectivity index (χ0v) is 18.7. The van der Waals surface area contributed by atoms with Gasteiger partial charge in [-0.1, -0.05) is 29.8 Å². The van der Waals surface area contributed by atoms with Crippen LogP contribution in [-0.2, 0) is 10.0 Å². The Labute approximate surface area is 193 Å². The summed E-state index contributed by atoms with van der Waals surface area (Å²) >= 11 is 6.11. The Morgan fingerprint density at radius 3 is 2.70 bits per heavy atom. The van der Waals surface area contributed by atoms with Crippen LogP contribution in [-0.4, -0.2) is 35.1 Å². The van der Waals surface area contributed by atoms with Crippen LogP contribution in [0.2, 0.25) is 5.02 Å². The lowest BCUT2D eigenvalue weighted by Crippen LogP contribution is -2.13. The number of sulfonamides is 1. The quantitative estimate of drug-likeness (QED) is 0.379. The van der Waals surface area contributed by atoms with Crippen LogP contribution in [0.1, 0.15) is 0 Å². The van der Waals surface area contributed by atoms with Crippen LogP contribution in [0.4, 0.5) is 5.69 Å². The highest BCUT2D eigenvalue weighted by atomic mass is 35.5. The molecular formula is C22H16ClN5O4S. The Kier molecular flexibility index (Phi) is 5.23. The second-order valence-corrected chi connectivity index (χ2v) is 9.02. The van der Waals surface area contributed by atoms with Crippen molar-refractivity contribution in [3.63, 3.8) is 0 Å². The molecule has 0 saturated carbocycles. The van der Waals surface area contributed by atoms with E-state index in [-0.39, 0.29) is 21.5 Å². The minimum Gasteiger partial charge on any atom is -0.497 e. The Bertz CT molecular complexity index is 1600. The average molecular weight is 482 g/mol. The van der Waals surface area contributed by atoms with Crippen LogP contribution in [0, 0.1) is 0 Å². The Balaban J connectivity index is 1.47. The van der Waals surface area contributed by atoms with Gasteiger partial charge in [0.05, 0.1) is 28.9 Å². The second-order valence-electron chi connectivity index (χ2n) is 6.96. The number of ether oxygens (including phenoxy) is 2. The number of nitrogens with zero attached hydrogens (tertiary/aromatic N) is 4. The van der Waals surface area contributed by atoms with Gasteiger partial charge in [0.25, 0.3) is 15.9 Å². The molecule has 0 saturated heterocycles. The van der Waals surface area contributed by atoms with E-state index in [9.17, 15) is 8.42 Å². The first kappa shape index (κ1) is 21.0. The fourth-order valence-electron chi connectivity index (χ4n) is 3.31. The van der Waals surface area contributed by atoms with Crippen LogP contribution < -0.4 is 14.2 Å². The number of para-hydroxylation sites is 2. The smallest absolute Gasteiger partial charge is 0.266 e. The molecule has 1 N–H and O–H groups in total. The molecule has 3 aromatic carbocycles. The summed E-state index contributed by atoms with van der Waals surface area (Å²) in [6.45, 7) is 0. The Hall–Kier alpha value is -3.89. The summed E-state index contributed by atoms with van der Waals surface area (Å²) in [6, 6.07) is 18.4. The molecule has 5 aromatic rings. The zero-order chi connectivity index (χ0) is 23.0. The lowest BCUT2D eigenvalue weighted by Gasteiger charge is -2.12. The van der Waals surface area contributed by atoms with E-state index in [0.29, 0.717) is 22.7 Å². The van der Waals surface area contributed by atoms with Crippen LogP contribution >= 0.6 is 11.6 Å². The summed E-state index contributed by atoms with van der Waals surface area (Å²) in [6.07, 6.45) is 1.58. The fourth-order valence-corrected chi connectivity index (χ4v) is 4.87. The van der Waals surface area contributed by atoms with E-state index in [2.05, 4.69) is 19.9 Å². The number of rotatable bonds is 6. The summed E-state index contributed by atoms with van der Waals surface area (Å²) in [7, 11) is -2.53. The van der Waals surface area contributed by atoms with Gasteiger partial charge in [-0.3, -0.25) is 9.12 Å². The Morgan fingerprint density at radius 2 is 1.85 bits per heavy atom. The van der Waals surface area contributed by atoms with Crippen LogP contribution in [0.25, 0.3) is 16.7 Å². The molecule has 0 radical (unpaired) electrons. The molecule has 0 spiro atoms. The van der Waals surface area contributed by atoms with E-state index in [1.54, 1.807) is 35.0 Å². The summed E-state index contributed by atoms with van der Waals surface area (Å²) in [5, 5.41) is 8.13. The molecule has 2 aromatic heterocycles. The largest absolute Gasteiger partial charge is 0.497 e. The minimum absolute atomic E-state index is 0.0743. The Morgan fingerprint density at radius 1 is 1.00 bits per heavy atom. The molecule has 0 amide bonds. The third-order valence-electron chi connectivity index (χ3n) is 4.83. The highest BCUT2D eigenvalue weighted by molar-refractivity contribution is 7.92. The van der Waals surface area contributed by atoms with Gasteiger partial charge in [-0.25, -0.2) is 13.4 Å². The van der Waals surface area contributed by atoms with E-state index in [1.165, 1.54) is 25.3 Å². The highest BCUT2D eigenvalue weighted by Crippen LogP contribution is 2.31. The molecular weight excluding hydrogens is 466 g/mol. The van der Waals surface area contributed by atoms with Crippen LogP contribution in [0.5, 0.6) is 17.4 Å². The molecule has 166 valence electrons. The second kappa shape index (κ2) is 8.23. The first-order valence-corrected chi connectivity index (χ1v) is 11.5. The predicted octanol–water partition coefficient (Wildman–Crippen LogP) is 4.53. The number of anilines is 1. The fraction of sp³-hybridized carbons (Fsp3) is 0.0455. The molecule has 0 aliphatic heterocycles. The lowest BCUT2D eigenvalue weighted by molar-refractivity contribution is 0.413. The number of hydrogen-bond donors (Lipinski definition) is 1. The molecule has 0 unspecified atom stereocenters.